The van der Waals surface area contributed by atoms with Gasteiger partial charge in [0.15, 0.2) is 0 Å². The van der Waals surface area contributed by atoms with Crippen molar-refractivity contribution in [1.82, 2.24) is 15.1 Å². The van der Waals surface area contributed by atoms with Gasteiger partial charge in [0.05, 0.1) is 6.54 Å². The van der Waals surface area contributed by atoms with Gasteiger partial charge in [-0.2, -0.15) is 13.2 Å². The summed E-state index contributed by atoms with van der Waals surface area (Å²) in [6.07, 6.45) is -2.84. The summed E-state index contributed by atoms with van der Waals surface area (Å²) in [4.78, 5) is 16.2. The summed E-state index contributed by atoms with van der Waals surface area (Å²) < 4.78 is 37.2. The fourth-order valence-electron chi connectivity index (χ4n) is 2.44. The normalized spacial score (nSPS) is 17.3. The van der Waals surface area contributed by atoms with Gasteiger partial charge >= 0.3 is 12.2 Å². The average Bonchev–Trinajstić information content (AvgIpc) is 2.83. The molecule has 8 heteroatoms. The molecule has 1 aliphatic rings. The van der Waals surface area contributed by atoms with Gasteiger partial charge in [-0.15, -0.1) is 11.3 Å². The van der Waals surface area contributed by atoms with Gasteiger partial charge in [-0.05, 0) is 24.3 Å². The lowest BCUT2D eigenvalue weighted by Gasteiger charge is -2.23. The lowest BCUT2D eigenvalue weighted by molar-refractivity contribution is -0.145. The Morgan fingerprint density at radius 3 is 2.77 bits per heavy atom. The van der Waals surface area contributed by atoms with Crippen LogP contribution in [0.5, 0.6) is 0 Å². The van der Waals surface area contributed by atoms with Gasteiger partial charge < -0.3 is 10.2 Å². The molecule has 2 amide bonds. The molecule has 0 unspecified atom stereocenters. The van der Waals surface area contributed by atoms with Crippen LogP contribution in [-0.2, 0) is 6.42 Å². The molecule has 22 heavy (non-hydrogen) atoms. The highest BCUT2D eigenvalue weighted by Crippen LogP contribution is 2.17. The number of carbonyl (C=O) groups is 1. The third kappa shape index (κ3) is 5.84. The van der Waals surface area contributed by atoms with E-state index in [4.69, 9.17) is 0 Å². The van der Waals surface area contributed by atoms with Crippen molar-refractivity contribution in [2.75, 3.05) is 39.3 Å². The number of carbonyl (C=O) groups excluding carboxylic acids is 1. The molecule has 0 radical (unpaired) electrons. The number of alkyl halides is 3. The second-order valence-corrected chi connectivity index (χ2v) is 6.33. The summed E-state index contributed by atoms with van der Waals surface area (Å²) >= 11 is 1.64. The van der Waals surface area contributed by atoms with E-state index in [9.17, 15) is 18.0 Å². The fourth-order valence-corrected chi connectivity index (χ4v) is 3.15. The second kappa shape index (κ2) is 7.82. The van der Waals surface area contributed by atoms with Crippen LogP contribution in [-0.4, -0.2) is 61.3 Å². The molecule has 1 aromatic rings. The van der Waals surface area contributed by atoms with E-state index in [-0.39, 0.29) is 12.6 Å². The maximum absolute atomic E-state index is 12.4. The van der Waals surface area contributed by atoms with Crippen LogP contribution in [0.1, 0.15) is 11.3 Å². The minimum atomic E-state index is -4.18. The Morgan fingerprint density at radius 2 is 2.09 bits per heavy atom. The van der Waals surface area contributed by atoms with Crippen LogP contribution < -0.4 is 5.32 Å². The quantitative estimate of drug-likeness (QED) is 0.918. The fraction of sp³-hybridized carbons (Fsp3) is 0.643. The highest BCUT2D eigenvalue weighted by molar-refractivity contribution is 7.09. The first-order valence-corrected chi connectivity index (χ1v) is 8.16. The van der Waals surface area contributed by atoms with Gasteiger partial charge in [0, 0.05) is 37.6 Å². The van der Waals surface area contributed by atoms with E-state index in [0.717, 1.165) is 6.42 Å². The van der Waals surface area contributed by atoms with Crippen molar-refractivity contribution in [3.63, 3.8) is 0 Å². The SMILES string of the molecule is O=C(NCCc1cccs1)N1CCCN(CC(F)(F)F)CC1. The van der Waals surface area contributed by atoms with Crippen molar-refractivity contribution in [3.05, 3.63) is 22.4 Å². The average molecular weight is 335 g/mol. The number of halogens is 3. The molecule has 0 bridgehead atoms. The van der Waals surface area contributed by atoms with Crippen LogP contribution in [0.4, 0.5) is 18.0 Å². The van der Waals surface area contributed by atoms with E-state index in [1.54, 1.807) is 16.2 Å². The van der Waals surface area contributed by atoms with E-state index in [1.807, 2.05) is 17.5 Å². The van der Waals surface area contributed by atoms with Crippen molar-refractivity contribution in [1.29, 1.82) is 0 Å². The predicted octanol–water partition coefficient (Wildman–Crippen LogP) is 2.57. The van der Waals surface area contributed by atoms with E-state index >= 15 is 0 Å². The molecule has 0 aliphatic carbocycles. The Labute approximate surface area is 131 Å². The van der Waals surface area contributed by atoms with Crippen LogP contribution in [0.3, 0.4) is 0 Å². The Balaban J connectivity index is 1.72. The molecule has 1 saturated heterocycles. The summed E-state index contributed by atoms with van der Waals surface area (Å²) in [5.41, 5.74) is 0. The van der Waals surface area contributed by atoms with Gasteiger partial charge in [-0.25, -0.2) is 4.79 Å². The first kappa shape index (κ1) is 17.1. The van der Waals surface area contributed by atoms with Crippen molar-refractivity contribution >= 4 is 17.4 Å². The largest absolute Gasteiger partial charge is 0.401 e. The smallest absolute Gasteiger partial charge is 0.338 e. The van der Waals surface area contributed by atoms with E-state index < -0.39 is 12.7 Å². The highest BCUT2D eigenvalue weighted by atomic mass is 32.1. The number of rotatable bonds is 4. The lowest BCUT2D eigenvalue weighted by atomic mass is 10.3. The number of hydrogen-bond donors (Lipinski definition) is 1. The highest BCUT2D eigenvalue weighted by Gasteiger charge is 2.31. The maximum atomic E-state index is 12.4. The zero-order valence-electron chi connectivity index (χ0n) is 12.2. The first-order chi connectivity index (χ1) is 10.4. The number of nitrogens with zero attached hydrogens (tertiary/aromatic N) is 2. The molecule has 1 aliphatic heterocycles. The topological polar surface area (TPSA) is 35.6 Å². The molecule has 0 spiro atoms. The van der Waals surface area contributed by atoms with Crippen LogP contribution in [0.25, 0.3) is 0 Å². The zero-order chi connectivity index (χ0) is 16.0. The number of hydrogen-bond acceptors (Lipinski definition) is 3. The lowest BCUT2D eigenvalue weighted by Crippen LogP contribution is -2.43. The Kier molecular flexibility index (Phi) is 6.07. The number of urea groups is 1. The van der Waals surface area contributed by atoms with Crippen LogP contribution in [0, 0.1) is 0 Å². The number of amides is 2. The molecule has 1 fully saturated rings. The minimum absolute atomic E-state index is 0.189. The molecule has 4 nitrogen and oxygen atoms in total. The first-order valence-electron chi connectivity index (χ1n) is 7.28. The maximum Gasteiger partial charge on any atom is 0.401 e. The summed E-state index contributed by atoms with van der Waals surface area (Å²) in [7, 11) is 0. The Hall–Kier alpha value is -1.28. The predicted molar refractivity (Wildman–Crippen MR) is 80.1 cm³/mol. The van der Waals surface area contributed by atoms with Crippen LogP contribution in [0.15, 0.2) is 17.5 Å². The minimum Gasteiger partial charge on any atom is -0.338 e. The Morgan fingerprint density at radius 1 is 1.27 bits per heavy atom. The van der Waals surface area contributed by atoms with Crippen molar-refractivity contribution < 1.29 is 18.0 Å². The number of thiophene rings is 1. The van der Waals surface area contributed by atoms with E-state index in [2.05, 4.69) is 5.32 Å². The van der Waals surface area contributed by atoms with E-state index in [0.29, 0.717) is 32.6 Å². The molecule has 0 aromatic carbocycles. The van der Waals surface area contributed by atoms with Gasteiger partial charge in [0.1, 0.15) is 0 Å². The molecule has 2 rings (SSSR count). The van der Waals surface area contributed by atoms with Crippen molar-refractivity contribution in [3.8, 4) is 0 Å². The third-order valence-corrected chi connectivity index (χ3v) is 4.44. The Bertz CT molecular complexity index is 464. The molecular formula is C14H20F3N3OS. The molecule has 124 valence electrons. The van der Waals surface area contributed by atoms with Crippen molar-refractivity contribution in [2.24, 2.45) is 0 Å². The van der Waals surface area contributed by atoms with E-state index in [1.165, 1.54) is 9.78 Å². The van der Waals surface area contributed by atoms with Gasteiger partial charge in [-0.1, -0.05) is 6.07 Å². The standard InChI is InChI=1S/C14H20F3N3OS/c15-14(16,17)11-19-6-2-7-20(9-8-19)13(21)18-5-4-12-3-1-10-22-12/h1,3,10H,2,4-9,11H2,(H,18,21). The van der Waals surface area contributed by atoms with Gasteiger partial charge in [0.25, 0.3) is 0 Å². The second-order valence-electron chi connectivity index (χ2n) is 5.29. The monoisotopic (exact) mass is 335 g/mol. The summed E-state index contributed by atoms with van der Waals surface area (Å²) in [5.74, 6) is 0. The molecule has 1 N–H and O–H groups in total. The molecule has 2 heterocycles. The molecular weight excluding hydrogens is 315 g/mol. The molecule has 0 atom stereocenters. The van der Waals surface area contributed by atoms with Gasteiger partial charge in [-0.3, -0.25) is 4.90 Å². The summed E-state index contributed by atoms with van der Waals surface area (Å²) in [5, 5.41) is 4.82. The van der Waals surface area contributed by atoms with Gasteiger partial charge in [0.2, 0.25) is 0 Å². The zero-order valence-corrected chi connectivity index (χ0v) is 13.1. The van der Waals surface area contributed by atoms with Crippen LogP contribution in [0.2, 0.25) is 0 Å². The molecule has 0 saturated carbocycles. The summed E-state index contributed by atoms with van der Waals surface area (Å²) in [6, 6.07) is 3.79. The van der Waals surface area contributed by atoms with Crippen LogP contribution >= 0.6 is 11.3 Å². The summed E-state index contributed by atoms with van der Waals surface area (Å²) in [6.45, 7) is 1.11. The third-order valence-electron chi connectivity index (χ3n) is 3.51. The van der Waals surface area contributed by atoms with Crippen molar-refractivity contribution in [2.45, 2.75) is 19.0 Å². The molecule has 1 aromatic heterocycles. The number of nitrogens with one attached hydrogen (secondary N) is 1.